The molecule has 2 saturated heterocycles. The van der Waals surface area contributed by atoms with Gasteiger partial charge in [0.05, 0.1) is 24.6 Å². The first-order chi connectivity index (χ1) is 19.9. The molecule has 0 aromatic carbocycles. The van der Waals surface area contributed by atoms with E-state index in [9.17, 15) is 24.2 Å². The number of unbranched alkanes of at least 4 members (excludes halogenated alkanes) is 3. The highest BCUT2D eigenvalue weighted by Gasteiger charge is 2.40. The number of carbonyl (C=O) groups excluding carboxylic acids is 3. The van der Waals surface area contributed by atoms with E-state index in [4.69, 9.17) is 22.8 Å². The van der Waals surface area contributed by atoms with Gasteiger partial charge in [-0.25, -0.2) is 0 Å². The Hall–Kier alpha value is -0.720. The van der Waals surface area contributed by atoms with Gasteiger partial charge in [-0.3, -0.25) is 19.3 Å². The summed E-state index contributed by atoms with van der Waals surface area (Å²) in [7, 11) is -3.46. The molecule has 0 aromatic rings. The van der Waals surface area contributed by atoms with Crippen LogP contribution in [0.5, 0.6) is 0 Å². The second-order valence-corrected chi connectivity index (χ2v) is 16.0. The van der Waals surface area contributed by atoms with Crippen LogP contribution in [0.3, 0.4) is 0 Å². The van der Waals surface area contributed by atoms with Gasteiger partial charge in [0.25, 0.3) is 0 Å². The van der Waals surface area contributed by atoms with Crippen molar-refractivity contribution in [3.05, 3.63) is 0 Å². The van der Waals surface area contributed by atoms with Gasteiger partial charge < -0.3 is 37.9 Å². The standard InChI is InChI=1S/C27H48N2O10P2S/c1-28-26(31)21-11-9-20(10-12-21)18-29-25(30)17-24(27(29)32)42-16-8-6-5-7-14-37-41(4,34)38-19-23-22(13-15-36-23)39-40(3,33)35-2/h20-24,33-34H,3-19H2,1-2H3,(H,28,31). The second kappa shape index (κ2) is 17.1. The van der Waals surface area contributed by atoms with Gasteiger partial charge in [-0.05, 0) is 62.8 Å². The molecule has 42 heavy (non-hydrogen) atoms. The number of rotatable bonds is 18. The SMILES string of the molecule is C=P(O)(OCCCCCCSC1CC(=O)N(CC2CCC(C(=O)NC)CC2)C1=O)OCC1OCCC1OP(=C)(O)OC. The zero-order valence-electron chi connectivity index (χ0n) is 24.8. The number of imide groups is 1. The van der Waals surface area contributed by atoms with Gasteiger partial charge in [0.1, 0.15) is 6.10 Å². The van der Waals surface area contributed by atoms with Crippen LogP contribution >= 0.6 is 26.9 Å². The molecule has 0 bridgehead atoms. The van der Waals surface area contributed by atoms with Crippen LogP contribution in [0.25, 0.3) is 0 Å². The average molecular weight is 655 g/mol. The van der Waals surface area contributed by atoms with Crippen molar-refractivity contribution in [2.75, 3.05) is 46.3 Å². The first kappa shape index (κ1) is 35.8. The van der Waals surface area contributed by atoms with Crippen LogP contribution in [0.4, 0.5) is 0 Å². The molecular formula is C27H48N2O10P2S. The Morgan fingerprint density at radius 1 is 1.07 bits per heavy atom. The van der Waals surface area contributed by atoms with Gasteiger partial charge in [0, 0.05) is 46.1 Å². The van der Waals surface area contributed by atoms with Crippen molar-refractivity contribution in [2.45, 2.75) is 81.7 Å². The van der Waals surface area contributed by atoms with Crippen molar-refractivity contribution in [1.82, 2.24) is 10.2 Å². The Labute approximate surface area is 253 Å². The second-order valence-electron chi connectivity index (χ2n) is 11.1. The van der Waals surface area contributed by atoms with E-state index < -0.39 is 27.3 Å². The summed E-state index contributed by atoms with van der Waals surface area (Å²) in [6.45, 7) is 1.21. The molecule has 1 aliphatic carbocycles. The molecule has 2 aliphatic heterocycles. The zero-order chi connectivity index (χ0) is 30.8. The molecule has 2 heterocycles. The van der Waals surface area contributed by atoms with E-state index >= 15 is 0 Å². The Kier molecular flexibility index (Phi) is 14.6. The maximum absolute atomic E-state index is 12.9. The molecule has 5 unspecified atom stereocenters. The lowest BCUT2D eigenvalue weighted by Crippen LogP contribution is -2.38. The molecule has 12 nitrogen and oxygen atoms in total. The third-order valence-electron chi connectivity index (χ3n) is 7.93. The molecule has 3 aliphatic rings. The Balaban J connectivity index is 1.23. The highest BCUT2D eigenvalue weighted by molar-refractivity contribution is 8.00. The third kappa shape index (κ3) is 11.3. The first-order valence-corrected chi connectivity index (χ1v) is 19.3. The van der Waals surface area contributed by atoms with E-state index in [2.05, 4.69) is 17.9 Å². The molecule has 0 spiro atoms. The highest BCUT2D eigenvalue weighted by Crippen LogP contribution is 2.47. The van der Waals surface area contributed by atoms with E-state index in [-0.39, 0.29) is 47.8 Å². The minimum absolute atomic E-state index is 0.0119. The van der Waals surface area contributed by atoms with Crippen LogP contribution in [0.2, 0.25) is 0 Å². The third-order valence-corrected chi connectivity index (χ3v) is 11.5. The number of nitrogens with zero attached hydrogens (tertiary/aromatic N) is 1. The maximum atomic E-state index is 12.9. The van der Waals surface area contributed by atoms with E-state index in [1.165, 1.54) is 12.0 Å². The lowest BCUT2D eigenvalue weighted by Gasteiger charge is -2.29. The van der Waals surface area contributed by atoms with Crippen LogP contribution in [0.15, 0.2) is 0 Å². The highest BCUT2D eigenvalue weighted by atomic mass is 32.2. The van der Waals surface area contributed by atoms with Crippen molar-refractivity contribution in [3.8, 4) is 0 Å². The number of amides is 3. The normalized spacial score (nSPS) is 29.4. The molecule has 3 fully saturated rings. The largest absolute Gasteiger partial charge is 0.373 e. The molecule has 3 rings (SSSR count). The van der Waals surface area contributed by atoms with Gasteiger partial charge in [-0.1, -0.05) is 12.8 Å². The number of carbonyl (C=O) groups is 3. The summed E-state index contributed by atoms with van der Waals surface area (Å²) in [5, 5.41) is 2.40. The number of hydrogen-bond donors (Lipinski definition) is 3. The number of hydrogen-bond acceptors (Lipinski definition) is 11. The van der Waals surface area contributed by atoms with E-state index in [0.717, 1.165) is 57.1 Å². The fourth-order valence-corrected chi connectivity index (χ4v) is 8.23. The molecular weight excluding hydrogens is 606 g/mol. The number of thioether (sulfide) groups is 1. The maximum Gasteiger partial charge on any atom is 0.248 e. The first-order valence-electron chi connectivity index (χ1n) is 14.7. The molecule has 15 heteroatoms. The van der Waals surface area contributed by atoms with Crippen LogP contribution < -0.4 is 5.32 Å². The predicted octanol–water partition coefficient (Wildman–Crippen LogP) is 3.19. The minimum Gasteiger partial charge on any atom is -0.373 e. The summed E-state index contributed by atoms with van der Waals surface area (Å²) < 4.78 is 27.0. The summed E-state index contributed by atoms with van der Waals surface area (Å²) in [5.41, 5.74) is 0. The monoisotopic (exact) mass is 654 g/mol. The van der Waals surface area contributed by atoms with Gasteiger partial charge in [-0.2, -0.15) is 0 Å². The summed E-state index contributed by atoms with van der Waals surface area (Å²) in [6.07, 6.45) is 13.8. The number of ether oxygens (including phenoxy) is 1. The zero-order valence-corrected chi connectivity index (χ0v) is 27.4. The predicted molar refractivity (Wildman–Crippen MR) is 166 cm³/mol. The summed E-state index contributed by atoms with van der Waals surface area (Å²) in [6, 6.07) is 0. The number of nitrogens with one attached hydrogen (secondary N) is 1. The lowest BCUT2D eigenvalue weighted by atomic mass is 9.81. The van der Waals surface area contributed by atoms with Crippen molar-refractivity contribution in [1.29, 1.82) is 0 Å². The molecule has 0 aromatic heterocycles. The Bertz CT molecular complexity index is 1010. The van der Waals surface area contributed by atoms with Crippen LogP contribution in [0, 0.1) is 11.8 Å². The minimum atomic E-state index is -3.28. The lowest BCUT2D eigenvalue weighted by molar-refractivity contribution is -0.139. The van der Waals surface area contributed by atoms with E-state index in [1.807, 2.05) is 0 Å². The molecule has 0 radical (unpaired) electrons. The van der Waals surface area contributed by atoms with Crippen LogP contribution in [-0.4, -0.2) is 109 Å². The van der Waals surface area contributed by atoms with Crippen molar-refractivity contribution >= 4 is 57.2 Å². The van der Waals surface area contributed by atoms with Gasteiger partial charge in [0.15, 0.2) is 0 Å². The molecule has 3 amide bonds. The quantitative estimate of drug-likeness (QED) is 0.114. The Morgan fingerprint density at radius 2 is 1.79 bits per heavy atom. The molecule has 1 saturated carbocycles. The van der Waals surface area contributed by atoms with Crippen LogP contribution in [-0.2, 0) is 37.2 Å². The fraction of sp³-hybridized carbons (Fsp3) is 0.815. The van der Waals surface area contributed by atoms with E-state index in [0.29, 0.717) is 26.2 Å². The summed E-state index contributed by atoms with van der Waals surface area (Å²) in [5.74, 6) is 1.02. The van der Waals surface area contributed by atoms with Crippen LogP contribution in [0.1, 0.15) is 64.2 Å². The summed E-state index contributed by atoms with van der Waals surface area (Å²) >= 11 is 1.55. The van der Waals surface area contributed by atoms with Gasteiger partial charge in [-0.15, -0.1) is 11.8 Å². The van der Waals surface area contributed by atoms with E-state index in [1.54, 1.807) is 18.8 Å². The molecule has 242 valence electrons. The van der Waals surface area contributed by atoms with Crippen molar-refractivity contribution in [3.63, 3.8) is 0 Å². The average Bonchev–Trinajstić information content (AvgIpc) is 3.51. The smallest absolute Gasteiger partial charge is 0.248 e. The Morgan fingerprint density at radius 3 is 2.48 bits per heavy atom. The van der Waals surface area contributed by atoms with Gasteiger partial charge >= 0.3 is 0 Å². The van der Waals surface area contributed by atoms with Gasteiger partial charge in [0.2, 0.25) is 32.9 Å². The van der Waals surface area contributed by atoms with Crippen molar-refractivity contribution in [2.24, 2.45) is 11.8 Å². The molecule has 3 N–H and O–H groups in total. The summed E-state index contributed by atoms with van der Waals surface area (Å²) in [4.78, 5) is 59.1. The topological polar surface area (TPSA) is 153 Å². The van der Waals surface area contributed by atoms with Crippen molar-refractivity contribution < 1.29 is 47.0 Å². The molecule has 5 atom stereocenters. The number of likely N-dealkylation sites (tertiary alicyclic amines) is 1. The fourth-order valence-electron chi connectivity index (χ4n) is 5.42.